The van der Waals surface area contributed by atoms with Crippen LogP contribution in [0.5, 0.6) is 23.0 Å². The first kappa shape index (κ1) is 29.8. The number of fused-ring (bicyclic) bond motifs is 1. The molecule has 0 unspecified atom stereocenters. The van der Waals surface area contributed by atoms with Crippen LogP contribution in [0.4, 0.5) is 8.78 Å². The van der Waals surface area contributed by atoms with E-state index in [1.807, 2.05) is 6.92 Å². The molecule has 2 heterocycles. The second-order valence-electron chi connectivity index (χ2n) is 8.81. The lowest BCUT2D eigenvalue weighted by Crippen LogP contribution is -2.40. The van der Waals surface area contributed by atoms with Gasteiger partial charge < -0.3 is 23.7 Å². The normalized spacial score (nSPS) is 14.9. The highest BCUT2D eigenvalue weighted by atomic mass is 32.1. The molecule has 1 aromatic heterocycles. The average molecular weight is 589 g/mol. The number of methoxy groups -OCH3 is 3. The molecular weight excluding hydrogens is 558 g/mol. The molecule has 0 N–H and O–H groups in total. The van der Waals surface area contributed by atoms with Crippen molar-refractivity contribution in [1.82, 2.24) is 4.57 Å². The summed E-state index contributed by atoms with van der Waals surface area (Å²) in [5.74, 6) is 0.334. The Morgan fingerprint density at radius 1 is 1.05 bits per heavy atom. The van der Waals surface area contributed by atoms with Gasteiger partial charge in [0, 0.05) is 5.56 Å². The number of hydrogen-bond acceptors (Lipinski definition) is 9. The summed E-state index contributed by atoms with van der Waals surface area (Å²) >= 11 is 1.14. The van der Waals surface area contributed by atoms with E-state index in [2.05, 4.69) is 4.74 Å². The van der Waals surface area contributed by atoms with Crippen molar-refractivity contribution in [3.63, 3.8) is 0 Å². The fraction of sp³-hybridized carbons (Fsp3) is 0.345. The van der Waals surface area contributed by atoms with Gasteiger partial charge in [0.2, 0.25) is 0 Å². The number of nitrogens with zero attached hydrogens (tertiary/aromatic N) is 2. The van der Waals surface area contributed by atoms with Crippen LogP contribution in [0.3, 0.4) is 0 Å². The highest BCUT2D eigenvalue weighted by molar-refractivity contribution is 7.07. The Balaban J connectivity index is 1.99. The van der Waals surface area contributed by atoms with E-state index in [1.165, 1.54) is 44.1 Å². The van der Waals surface area contributed by atoms with E-state index in [0.717, 1.165) is 11.3 Å². The summed E-state index contributed by atoms with van der Waals surface area (Å²) in [4.78, 5) is 32.5. The molecule has 3 aromatic rings. The third-order valence-corrected chi connectivity index (χ3v) is 7.31. The summed E-state index contributed by atoms with van der Waals surface area (Å²) in [5.41, 5.74) is 1.40. The highest BCUT2D eigenvalue weighted by Gasteiger charge is 2.36. The number of carbonyl (C=O) groups is 1. The summed E-state index contributed by atoms with van der Waals surface area (Å²) in [6, 6.07) is 8.62. The van der Waals surface area contributed by atoms with Gasteiger partial charge in [0.1, 0.15) is 17.5 Å². The number of esters is 1. The van der Waals surface area contributed by atoms with E-state index in [1.54, 1.807) is 31.2 Å². The number of allylic oxidation sites excluding steroid dienone is 1. The quantitative estimate of drug-likeness (QED) is 0.310. The van der Waals surface area contributed by atoms with Crippen LogP contribution in [0.25, 0.3) is 6.08 Å². The first-order valence-electron chi connectivity index (χ1n) is 12.8. The molecule has 0 amide bonds. The van der Waals surface area contributed by atoms with Gasteiger partial charge in [-0.3, -0.25) is 9.36 Å². The van der Waals surface area contributed by atoms with Crippen molar-refractivity contribution in [3.05, 3.63) is 78.5 Å². The third kappa shape index (κ3) is 6.12. The van der Waals surface area contributed by atoms with E-state index < -0.39 is 24.2 Å². The predicted octanol–water partition coefficient (Wildman–Crippen LogP) is 4.21. The molecule has 0 fully saturated rings. The Kier molecular flexibility index (Phi) is 9.43. The summed E-state index contributed by atoms with van der Waals surface area (Å²) in [5, 5.41) is 0. The Hall–Kier alpha value is -4.19. The van der Waals surface area contributed by atoms with E-state index >= 15 is 0 Å². The van der Waals surface area contributed by atoms with Gasteiger partial charge in [-0.05, 0) is 55.3 Å². The Morgan fingerprint density at radius 3 is 2.41 bits per heavy atom. The van der Waals surface area contributed by atoms with E-state index in [0.29, 0.717) is 50.5 Å². The Bertz CT molecular complexity index is 1650. The van der Waals surface area contributed by atoms with Gasteiger partial charge in [0.25, 0.3) is 5.56 Å². The zero-order valence-corrected chi connectivity index (χ0v) is 24.1. The van der Waals surface area contributed by atoms with Crippen LogP contribution >= 0.6 is 11.3 Å². The molecule has 41 heavy (non-hydrogen) atoms. The fourth-order valence-corrected chi connectivity index (χ4v) is 5.61. The molecular formula is C29H30F2N2O7S. The highest BCUT2D eigenvalue weighted by Crippen LogP contribution is 2.39. The van der Waals surface area contributed by atoms with E-state index in [9.17, 15) is 18.4 Å². The Morgan fingerprint density at radius 2 is 1.78 bits per heavy atom. The van der Waals surface area contributed by atoms with Gasteiger partial charge in [-0.1, -0.05) is 30.7 Å². The molecule has 1 aliphatic rings. The summed E-state index contributed by atoms with van der Waals surface area (Å²) in [6.45, 7) is 0.802. The maximum atomic E-state index is 14.0. The smallest absolute Gasteiger partial charge is 0.387 e. The van der Waals surface area contributed by atoms with Crippen molar-refractivity contribution in [3.8, 4) is 23.0 Å². The van der Waals surface area contributed by atoms with Crippen molar-refractivity contribution in [1.29, 1.82) is 0 Å². The fourth-order valence-electron chi connectivity index (χ4n) is 4.59. The maximum absolute atomic E-state index is 14.0. The van der Waals surface area contributed by atoms with E-state index in [4.69, 9.17) is 23.9 Å². The topological polar surface area (TPSA) is 97.6 Å². The monoisotopic (exact) mass is 588 g/mol. The molecule has 0 radical (unpaired) electrons. The first-order chi connectivity index (χ1) is 19.8. The number of aromatic nitrogens is 1. The molecule has 0 saturated carbocycles. The zero-order valence-electron chi connectivity index (χ0n) is 23.2. The third-order valence-electron chi connectivity index (χ3n) is 6.33. The summed E-state index contributed by atoms with van der Waals surface area (Å²) < 4.78 is 53.5. The summed E-state index contributed by atoms with van der Waals surface area (Å²) in [6.07, 6.45) is 2.78. The molecule has 1 aliphatic heterocycles. The molecule has 9 nitrogen and oxygen atoms in total. The molecule has 2 aromatic carbocycles. The molecule has 218 valence electrons. The molecule has 1 atom stereocenters. The average Bonchev–Trinajstić information content (AvgIpc) is 3.26. The van der Waals surface area contributed by atoms with Crippen LogP contribution in [0.1, 0.15) is 43.9 Å². The van der Waals surface area contributed by atoms with Gasteiger partial charge in [0.05, 0.1) is 43.7 Å². The summed E-state index contributed by atoms with van der Waals surface area (Å²) in [7, 11) is 4.36. The number of ether oxygens (including phenoxy) is 5. The van der Waals surface area contributed by atoms with Crippen molar-refractivity contribution in [2.45, 2.75) is 39.3 Å². The predicted molar refractivity (Wildman–Crippen MR) is 149 cm³/mol. The van der Waals surface area contributed by atoms with Crippen LogP contribution in [0.2, 0.25) is 0 Å². The van der Waals surface area contributed by atoms with Crippen molar-refractivity contribution >= 4 is 23.4 Å². The molecule has 4 rings (SSSR count). The number of thiazole rings is 1. The maximum Gasteiger partial charge on any atom is 0.387 e. The number of hydrogen-bond donors (Lipinski definition) is 0. The minimum Gasteiger partial charge on any atom is -0.497 e. The SMILES string of the molecule is CCCC1=C(C(=O)OCC)[C@H](c2cc(OC)ccc2OC)n2c(s/c(=C\c3ccc(OC(F)F)c(OC)c3)c2=O)=N1. The lowest BCUT2D eigenvalue weighted by Gasteiger charge is -2.27. The standard InChI is InChI=1S/C29H30F2N2O7S/c1-6-8-19-24(27(35)39-7-2)25(18-15-17(36-3)10-12-20(18)37-4)33-26(34)23(41-29(33)32-19)14-16-9-11-21(40-28(30)31)22(13-16)38-5/h9-15,25,28H,6-8H2,1-5H3/b23-14-/t25-/m0/s1. The molecule has 0 bridgehead atoms. The number of alkyl halides is 2. The molecule has 0 aliphatic carbocycles. The van der Waals surface area contributed by atoms with Crippen LogP contribution in [0.15, 0.2) is 57.5 Å². The van der Waals surface area contributed by atoms with Gasteiger partial charge in [-0.15, -0.1) is 0 Å². The van der Waals surface area contributed by atoms with Gasteiger partial charge in [-0.25, -0.2) is 9.79 Å². The molecule has 12 heteroatoms. The van der Waals surface area contributed by atoms with Crippen molar-refractivity contribution in [2.24, 2.45) is 4.99 Å². The second kappa shape index (κ2) is 13.0. The number of halogens is 2. The second-order valence-corrected chi connectivity index (χ2v) is 9.82. The lowest BCUT2D eigenvalue weighted by atomic mass is 9.93. The lowest BCUT2D eigenvalue weighted by molar-refractivity contribution is -0.139. The molecule has 0 spiro atoms. The minimum absolute atomic E-state index is 0.0839. The van der Waals surface area contributed by atoms with Crippen LogP contribution in [0, 0.1) is 0 Å². The molecule has 0 saturated heterocycles. The minimum atomic E-state index is -3.02. The van der Waals surface area contributed by atoms with Crippen molar-refractivity contribution in [2.75, 3.05) is 27.9 Å². The van der Waals surface area contributed by atoms with Crippen LogP contribution in [-0.2, 0) is 9.53 Å². The zero-order chi connectivity index (χ0) is 29.7. The van der Waals surface area contributed by atoms with Gasteiger partial charge in [-0.2, -0.15) is 8.78 Å². The number of carbonyl (C=O) groups excluding carboxylic acids is 1. The number of benzene rings is 2. The van der Waals surface area contributed by atoms with Crippen LogP contribution < -0.4 is 33.8 Å². The largest absolute Gasteiger partial charge is 0.497 e. The first-order valence-corrected chi connectivity index (χ1v) is 13.6. The van der Waals surface area contributed by atoms with E-state index in [-0.39, 0.29) is 23.7 Å². The van der Waals surface area contributed by atoms with Crippen molar-refractivity contribution < 1.29 is 37.3 Å². The van der Waals surface area contributed by atoms with Crippen LogP contribution in [-0.4, -0.2) is 45.1 Å². The van der Waals surface area contributed by atoms with Gasteiger partial charge in [0.15, 0.2) is 16.3 Å². The van der Waals surface area contributed by atoms with Gasteiger partial charge >= 0.3 is 12.6 Å². The number of rotatable bonds is 11. The Labute approximate surface area is 238 Å².